The molecule has 2 amide bonds. The summed E-state index contributed by atoms with van der Waals surface area (Å²) < 4.78 is 0. The Labute approximate surface area is 314 Å². The molecule has 53 heavy (non-hydrogen) atoms. The van der Waals surface area contributed by atoms with Crippen molar-refractivity contribution >= 4 is 28.3 Å². The first-order chi connectivity index (χ1) is 25.5. The number of aliphatic hydroxyl groups excluding tert-OH is 1. The second-order valence-corrected chi connectivity index (χ2v) is 18.3. The van der Waals surface area contributed by atoms with Gasteiger partial charge in [0, 0.05) is 40.0 Å². The van der Waals surface area contributed by atoms with Gasteiger partial charge in [0.1, 0.15) is 0 Å². The summed E-state index contributed by atoms with van der Waals surface area (Å²) in [6.45, 7) is 5.30. The third-order valence-corrected chi connectivity index (χ3v) is 16.0. The highest BCUT2D eigenvalue weighted by Gasteiger charge is 2.74. The van der Waals surface area contributed by atoms with Gasteiger partial charge in [-0.05, 0) is 104 Å². The molecular formula is C47H56N2O4. The summed E-state index contributed by atoms with van der Waals surface area (Å²) in [5.41, 5.74) is 0.257. The Morgan fingerprint density at radius 1 is 0.792 bits per heavy atom. The van der Waals surface area contributed by atoms with E-state index < -0.39 is 16.4 Å². The number of amides is 2. The highest BCUT2D eigenvalue weighted by molar-refractivity contribution is 6.00. The van der Waals surface area contributed by atoms with Crippen molar-refractivity contribution in [1.29, 1.82) is 0 Å². The molecule has 6 heteroatoms. The molecule has 3 N–H and O–H groups in total. The van der Waals surface area contributed by atoms with Crippen molar-refractivity contribution in [3.63, 3.8) is 0 Å². The quantitative estimate of drug-likeness (QED) is 0.213. The maximum absolute atomic E-state index is 15.0. The number of nitrogens with one attached hydrogen (secondary N) is 1. The lowest BCUT2D eigenvalue weighted by Gasteiger charge is -2.71. The van der Waals surface area contributed by atoms with Crippen LogP contribution in [0.3, 0.4) is 0 Å². The number of ketones is 1. The van der Waals surface area contributed by atoms with Crippen LogP contribution in [0.2, 0.25) is 0 Å². The topological polar surface area (TPSA) is 89.9 Å². The number of nitrogens with zero attached hydrogens (tertiary/aromatic N) is 1. The van der Waals surface area contributed by atoms with E-state index in [1.54, 1.807) is 0 Å². The highest BCUT2D eigenvalue weighted by Crippen LogP contribution is 2.78. The number of hydrogen-bond donors (Lipinski definition) is 3. The minimum absolute atomic E-state index is 0.0558. The Kier molecular flexibility index (Phi) is 8.36. The number of para-hydroxylation sites is 1. The fourth-order valence-corrected chi connectivity index (χ4v) is 13.1. The first-order valence-corrected chi connectivity index (χ1v) is 20.5. The monoisotopic (exact) mass is 712 g/mol. The van der Waals surface area contributed by atoms with E-state index in [2.05, 4.69) is 61.7 Å². The van der Waals surface area contributed by atoms with E-state index in [1.807, 2.05) is 53.4 Å². The van der Waals surface area contributed by atoms with E-state index in [0.29, 0.717) is 25.2 Å². The predicted molar refractivity (Wildman–Crippen MR) is 210 cm³/mol. The van der Waals surface area contributed by atoms with Crippen LogP contribution in [0, 0.1) is 39.4 Å². The van der Waals surface area contributed by atoms with Crippen molar-refractivity contribution in [1.82, 2.24) is 4.90 Å². The van der Waals surface area contributed by atoms with Crippen molar-refractivity contribution < 1.29 is 19.8 Å². The Bertz CT molecular complexity index is 1980. The zero-order chi connectivity index (χ0) is 36.6. The summed E-state index contributed by atoms with van der Waals surface area (Å²) in [6.07, 6.45) is 17.7. The van der Waals surface area contributed by atoms with Gasteiger partial charge in [-0.2, -0.15) is 0 Å². The summed E-state index contributed by atoms with van der Waals surface area (Å²) in [4.78, 5) is 31.2. The number of benzene rings is 3. The lowest BCUT2D eigenvalue weighted by molar-refractivity contribution is -0.178. The van der Waals surface area contributed by atoms with Gasteiger partial charge in [-0.25, -0.2) is 4.79 Å². The summed E-state index contributed by atoms with van der Waals surface area (Å²) in [6, 6.07) is 23.9. The Morgan fingerprint density at radius 2 is 1.49 bits per heavy atom. The molecule has 0 radical (unpaired) electrons. The summed E-state index contributed by atoms with van der Waals surface area (Å²) in [5.74, 6) is 0.723. The predicted octanol–water partition coefficient (Wildman–Crippen LogP) is 9.61. The first kappa shape index (κ1) is 35.0. The number of urea groups is 1. The van der Waals surface area contributed by atoms with Gasteiger partial charge in [-0.1, -0.05) is 112 Å². The second-order valence-electron chi connectivity index (χ2n) is 18.3. The molecule has 3 aromatic carbocycles. The Hall–Kier alpha value is -3.74. The smallest absolute Gasteiger partial charge is 0.322 e. The molecule has 2 bridgehead atoms. The molecule has 6 nitrogen and oxygen atoms in total. The van der Waals surface area contributed by atoms with E-state index in [9.17, 15) is 19.8 Å². The Morgan fingerprint density at radius 3 is 2.30 bits per heavy atom. The number of fused-ring (bicyclic) bond motifs is 2. The number of hydrogen-bond acceptors (Lipinski definition) is 4. The van der Waals surface area contributed by atoms with Gasteiger partial charge >= 0.3 is 6.03 Å². The lowest BCUT2D eigenvalue weighted by Crippen LogP contribution is -2.67. The minimum Gasteiger partial charge on any atom is -0.393 e. The molecule has 10 rings (SSSR count). The van der Waals surface area contributed by atoms with E-state index in [0.717, 1.165) is 85.4 Å². The average molecular weight is 713 g/mol. The first-order valence-electron chi connectivity index (χ1n) is 20.5. The van der Waals surface area contributed by atoms with Gasteiger partial charge in [-0.15, -0.1) is 0 Å². The summed E-state index contributed by atoms with van der Waals surface area (Å²) in [7, 11) is 0. The molecule has 0 aliphatic heterocycles. The fourth-order valence-electron chi connectivity index (χ4n) is 13.1. The molecule has 0 heterocycles. The summed E-state index contributed by atoms with van der Waals surface area (Å²) in [5, 5.41) is 29.7. The zero-order valence-electron chi connectivity index (χ0n) is 31.5. The summed E-state index contributed by atoms with van der Waals surface area (Å²) >= 11 is 0. The van der Waals surface area contributed by atoms with Crippen LogP contribution in [-0.4, -0.2) is 45.2 Å². The van der Waals surface area contributed by atoms with Crippen molar-refractivity contribution in [2.24, 2.45) is 39.4 Å². The maximum atomic E-state index is 15.0. The average Bonchev–Trinajstić information content (AvgIpc) is 3.44. The van der Waals surface area contributed by atoms with Crippen molar-refractivity contribution in [2.45, 2.75) is 109 Å². The Balaban J connectivity index is 1.11. The molecule has 278 valence electrons. The molecule has 2 spiro atoms. The van der Waals surface area contributed by atoms with Crippen LogP contribution >= 0.6 is 0 Å². The number of anilines is 1. The van der Waals surface area contributed by atoms with Gasteiger partial charge in [0.25, 0.3) is 0 Å². The minimum atomic E-state index is -1.15. The zero-order valence-corrected chi connectivity index (χ0v) is 31.5. The molecule has 4 saturated carbocycles. The second kappa shape index (κ2) is 12.7. The standard InChI is InChI=1S/C47H56N2O4/c1-43-23-20-36(50)28-45(43)26-27-47(38(29-45)41(51)33-13-5-3-6-14-33)39(43)21-24-44(2)40(47)22-25-46(44,53)31-49(42(52)48-35-17-7-4-8-18-35)30-34-16-11-15-32-12-9-10-19-37(32)34/h4,7-12,15-19,26-27,29,33,36,39-40,50,53H,3,5-6,13-14,20-25,28,30-31H2,1-2H3,(H,48,52)/t36?,39-,40-,43-,44+,45+,46-,47-/m1/s1. The van der Waals surface area contributed by atoms with Crippen LogP contribution in [0.5, 0.6) is 0 Å². The van der Waals surface area contributed by atoms with Crippen LogP contribution < -0.4 is 5.32 Å². The molecule has 1 unspecified atom stereocenters. The van der Waals surface area contributed by atoms with Crippen LogP contribution in [0.1, 0.15) is 96.5 Å². The van der Waals surface area contributed by atoms with E-state index >= 15 is 0 Å². The van der Waals surface area contributed by atoms with Crippen molar-refractivity contribution in [3.05, 3.63) is 102 Å². The van der Waals surface area contributed by atoms with Crippen LogP contribution in [0.15, 0.2) is 96.6 Å². The van der Waals surface area contributed by atoms with Crippen molar-refractivity contribution in [3.8, 4) is 0 Å². The number of carbonyl (C=O) groups is 2. The molecule has 7 aliphatic rings. The van der Waals surface area contributed by atoms with Gasteiger partial charge in [-0.3, -0.25) is 4.79 Å². The largest absolute Gasteiger partial charge is 0.393 e. The number of Topliss-reactive ketones (excluding diaryl/α,β-unsaturated/α-hetero) is 1. The number of carbonyl (C=O) groups excluding carboxylic acids is 2. The van der Waals surface area contributed by atoms with Gasteiger partial charge in [0.05, 0.1) is 18.2 Å². The van der Waals surface area contributed by atoms with E-state index in [4.69, 9.17) is 0 Å². The normalized spacial score (nSPS) is 37.4. The third-order valence-electron chi connectivity index (χ3n) is 16.0. The fraction of sp³-hybridized carbons (Fsp3) is 0.532. The van der Waals surface area contributed by atoms with Gasteiger partial charge in [0.2, 0.25) is 0 Å². The molecular weight excluding hydrogens is 657 g/mol. The lowest BCUT2D eigenvalue weighted by atomic mass is 9.32. The molecule has 3 aromatic rings. The van der Waals surface area contributed by atoms with Crippen molar-refractivity contribution in [2.75, 3.05) is 11.9 Å². The van der Waals surface area contributed by atoms with E-state index in [-0.39, 0.29) is 47.3 Å². The number of aliphatic hydroxyl groups is 2. The van der Waals surface area contributed by atoms with Crippen LogP contribution in [0.25, 0.3) is 10.8 Å². The number of allylic oxidation sites excluding steroid dienone is 4. The molecule has 0 aromatic heterocycles. The maximum Gasteiger partial charge on any atom is 0.322 e. The van der Waals surface area contributed by atoms with Gasteiger partial charge < -0.3 is 20.4 Å². The SMILES string of the molecule is C[C@]12CC[C@H]3[C@]4(C=C[C@@]5(C=C4C(=O)C4CCCCC4)CC(O)CC[C@]35C)[C@@H]1CC[C@@]2(O)CN(Cc1cccc2ccccc12)C(=O)Nc1ccccc1. The highest BCUT2D eigenvalue weighted by atomic mass is 16.3. The van der Waals surface area contributed by atoms with Crippen LogP contribution in [-0.2, 0) is 11.3 Å². The molecule has 8 atom stereocenters. The molecule has 7 aliphatic carbocycles. The number of rotatable bonds is 7. The molecule has 4 fully saturated rings. The van der Waals surface area contributed by atoms with Crippen LogP contribution in [0.4, 0.5) is 10.5 Å². The third kappa shape index (κ3) is 5.18. The van der Waals surface area contributed by atoms with Gasteiger partial charge in [0.15, 0.2) is 5.78 Å². The van der Waals surface area contributed by atoms with E-state index in [1.165, 1.54) is 6.42 Å². The molecule has 0 saturated heterocycles.